The van der Waals surface area contributed by atoms with Gasteiger partial charge in [-0.1, -0.05) is 24.3 Å². The molecule has 0 amide bonds. The number of nitro groups is 1. The molecule has 0 heterocycles. The van der Waals surface area contributed by atoms with Crippen LogP contribution in [0.3, 0.4) is 0 Å². The van der Waals surface area contributed by atoms with Crippen molar-refractivity contribution in [3.05, 3.63) is 64.2 Å². The highest BCUT2D eigenvalue weighted by molar-refractivity contribution is 7.92. The Morgan fingerprint density at radius 1 is 1.14 bits per heavy atom. The first-order valence-corrected chi connectivity index (χ1v) is 8.14. The van der Waals surface area contributed by atoms with Crippen molar-refractivity contribution in [2.45, 2.75) is 18.7 Å². The molecule has 0 fully saturated rings. The van der Waals surface area contributed by atoms with Crippen molar-refractivity contribution in [1.82, 2.24) is 0 Å². The van der Waals surface area contributed by atoms with E-state index in [9.17, 15) is 18.5 Å². The first-order chi connectivity index (χ1) is 10.4. The number of sulfonamides is 1. The Bertz CT molecular complexity index is 803. The second-order valence-corrected chi connectivity index (χ2v) is 6.57. The molecule has 7 heteroatoms. The van der Waals surface area contributed by atoms with E-state index in [0.717, 1.165) is 11.6 Å². The van der Waals surface area contributed by atoms with Gasteiger partial charge in [-0.25, -0.2) is 8.42 Å². The van der Waals surface area contributed by atoms with E-state index in [4.69, 9.17) is 0 Å². The summed E-state index contributed by atoms with van der Waals surface area (Å²) in [5, 5.41) is 10.8. The predicted molar refractivity (Wildman–Crippen MR) is 84.5 cm³/mol. The van der Waals surface area contributed by atoms with E-state index in [2.05, 4.69) is 0 Å². The van der Waals surface area contributed by atoms with Crippen molar-refractivity contribution < 1.29 is 13.3 Å². The van der Waals surface area contributed by atoms with Gasteiger partial charge < -0.3 is 0 Å². The molecule has 6 nitrogen and oxygen atoms in total. The summed E-state index contributed by atoms with van der Waals surface area (Å²) in [6, 6.07) is 12.2. The average Bonchev–Trinajstić information content (AvgIpc) is 2.50. The Hall–Kier alpha value is -2.41. The molecule has 2 rings (SSSR count). The number of hydrogen-bond acceptors (Lipinski definition) is 4. The fraction of sp³-hybridized carbons (Fsp3) is 0.200. The molecule has 0 atom stereocenters. The van der Waals surface area contributed by atoms with Gasteiger partial charge in [0.2, 0.25) is 0 Å². The van der Waals surface area contributed by atoms with Crippen molar-refractivity contribution in [2.24, 2.45) is 0 Å². The highest BCUT2D eigenvalue weighted by Gasteiger charge is 2.26. The normalized spacial score (nSPS) is 11.2. The summed E-state index contributed by atoms with van der Waals surface area (Å²) in [5.74, 6) is 0. The maximum absolute atomic E-state index is 12.8. The Morgan fingerprint density at radius 2 is 1.82 bits per heavy atom. The molecule has 0 saturated carbocycles. The summed E-state index contributed by atoms with van der Waals surface area (Å²) in [7, 11) is -3.85. The zero-order valence-electron chi connectivity index (χ0n) is 12.3. The molecule has 0 aliphatic heterocycles. The highest BCUT2D eigenvalue weighted by Crippen LogP contribution is 2.27. The van der Waals surface area contributed by atoms with Gasteiger partial charge in [-0.3, -0.25) is 14.4 Å². The third-order valence-electron chi connectivity index (χ3n) is 3.29. The van der Waals surface area contributed by atoms with Crippen molar-refractivity contribution in [3.8, 4) is 0 Å². The molecule has 2 aromatic carbocycles. The third-order valence-corrected chi connectivity index (χ3v) is 5.17. The van der Waals surface area contributed by atoms with Crippen LogP contribution in [0, 0.1) is 17.0 Å². The van der Waals surface area contributed by atoms with Crippen molar-refractivity contribution in [2.75, 3.05) is 10.8 Å². The number of anilines is 1. The van der Waals surface area contributed by atoms with Crippen LogP contribution in [0.4, 0.5) is 11.4 Å². The Labute approximate surface area is 129 Å². The predicted octanol–water partition coefficient (Wildman–Crippen LogP) is 3.12. The molecule has 0 unspecified atom stereocenters. The molecular weight excluding hydrogens is 304 g/mol. The fourth-order valence-corrected chi connectivity index (χ4v) is 3.78. The van der Waals surface area contributed by atoms with Crippen LogP contribution in [-0.4, -0.2) is 19.9 Å². The molecule has 22 heavy (non-hydrogen) atoms. The smallest absolute Gasteiger partial charge is 0.266 e. The van der Waals surface area contributed by atoms with Crippen LogP contribution in [0.15, 0.2) is 53.4 Å². The van der Waals surface area contributed by atoms with Gasteiger partial charge in [0.15, 0.2) is 0 Å². The topological polar surface area (TPSA) is 80.5 Å². The molecule has 0 spiro atoms. The van der Waals surface area contributed by atoms with Gasteiger partial charge >= 0.3 is 0 Å². The lowest BCUT2D eigenvalue weighted by atomic mass is 10.2. The van der Waals surface area contributed by atoms with Crippen LogP contribution in [0.2, 0.25) is 0 Å². The van der Waals surface area contributed by atoms with Gasteiger partial charge in [0.25, 0.3) is 15.7 Å². The van der Waals surface area contributed by atoms with E-state index >= 15 is 0 Å². The number of hydrogen-bond donors (Lipinski definition) is 0. The van der Waals surface area contributed by atoms with Crippen LogP contribution >= 0.6 is 0 Å². The van der Waals surface area contributed by atoms with E-state index in [1.54, 1.807) is 19.1 Å². The lowest BCUT2D eigenvalue weighted by molar-refractivity contribution is -0.385. The maximum atomic E-state index is 12.8. The summed E-state index contributed by atoms with van der Waals surface area (Å²) in [5.41, 5.74) is 1.14. The molecule has 0 N–H and O–H groups in total. The number of non-ortho nitro benzene ring substituents is 1. The molecule has 0 aliphatic rings. The van der Waals surface area contributed by atoms with Crippen LogP contribution < -0.4 is 4.31 Å². The average molecular weight is 320 g/mol. The number of nitrogens with zero attached hydrogens (tertiary/aromatic N) is 2. The lowest BCUT2D eigenvalue weighted by Crippen LogP contribution is -2.31. The van der Waals surface area contributed by atoms with Gasteiger partial charge in [0.1, 0.15) is 0 Å². The molecule has 2 aromatic rings. The largest absolute Gasteiger partial charge is 0.270 e. The Balaban J connectivity index is 2.55. The van der Waals surface area contributed by atoms with Crippen molar-refractivity contribution in [1.29, 1.82) is 0 Å². The molecule has 116 valence electrons. The standard InChI is InChI=1S/C15H16N2O4S/c1-3-16(15-10-5-4-7-12(15)2)22(20,21)14-9-6-8-13(11-14)17(18)19/h4-11H,3H2,1-2H3. The number of aryl methyl sites for hydroxylation is 1. The minimum atomic E-state index is -3.85. The first kappa shape index (κ1) is 16.0. The van der Waals surface area contributed by atoms with E-state index in [1.165, 1.54) is 22.5 Å². The molecule has 0 saturated heterocycles. The van der Waals surface area contributed by atoms with E-state index in [0.29, 0.717) is 5.69 Å². The quantitative estimate of drug-likeness (QED) is 0.626. The zero-order valence-corrected chi connectivity index (χ0v) is 13.1. The molecule has 0 radical (unpaired) electrons. The van der Waals surface area contributed by atoms with Crippen LogP contribution in [-0.2, 0) is 10.0 Å². The molecule has 0 aromatic heterocycles. The molecule has 0 aliphatic carbocycles. The second-order valence-electron chi connectivity index (χ2n) is 4.71. The zero-order chi connectivity index (χ0) is 16.3. The van der Waals surface area contributed by atoms with E-state index in [1.807, 2.05) is 19.1 Å². The SMILES string of the molecule is CCN(c1ccccc1C)S(=O)(=O)c1cccc([N+](=O)[O-])c1. The number of nitro benzene ring substituents is 1. The fourth-order valence-electron chi connectivity index (χ4n) is 2.20. The van der Waals surface area contributed by atoms with E-state index < -0.39 is 14.9 Å². The van der Waals surface area contributed by atoms with Gasteiger partial charge in [0, 0.05) is 18.7 Å². The van der Waals surface area contributed by atoms with Crippen LogP contribution in [0.1, 0.15) is 12.5 Å². The van der Waals surface area contributed by atoms with Gasteiger partial charge in [-0.15, -0.1) is 0 Å². The first-order valence-electron chi connectivity index (χ1n) is 6.70. The summed E-state index contributed by atoms with van der Waals surface area (Å²) in [6.45, 7) is 3.78. The minimum absolute atomic E-state index is 0.0909. The van der Waals surface area contributed by atoms with Crippen molar-refractivity contribution in [3.63, 3.8) is 0 Å². The molecular formula is C15H16N2O4S. The third kappa shape index (κ3) is 2.94. The monoisotopic (exact) mass is 320 g/mol. The number of benzene rings is 2. The van der Waals surface area contributed by atoms with Gasteiger partial charge in [-0.2, -0.15) is 0 Å². The summed E-state index contributed by atoms with van der Waals surface area (Å²) in [6.07, 6.45) is 0. The Kier molecular flexibility index (Phi) is 4.46. The highest BCUT2D eigenvalue weighted by atomic mass is 32.2. The Morgan fingerprint density at radius 3 is 2.41 bits per heavy atom. The van der Waals surface area contributed by atoms with E-state index in [-0.39, 0.29) is 17.1 Å². The van der Waals surface area contributed by atoms with Crippen LogP contribution in [0.25, 0.3) is 0 Å². The number of para-hydroxylation sites is 1. The maximum Gasteiger partial charge on any atom is 0.270 e. The lowest BCUT2D eigenvalue weighted by Gasteiger charge is -2.24. The van der Waals surface area contributed by atoms with Crippen molar-refractivity contribution >= 4 is 21.4 Å². The minimum Gasteiger partial charge on any atom is -0.266 e. The second kappa shape index (κ2) is 6.15. The van der Waals surface area contributed by atoms with Gasteiger partial charge in [-0.05, 0) is 31.5 Å². The molecule has 0 bridgehead atoms. The van der Waals surface area contributed by atoms with Gasteiger partial charge in [0.05, 0.1) is 15.5 Å². The summed E-state index contributed by atoms with van der Waals surface area (Å²) in [4.78, 5) is 10.1. The van der Waals surface area contributed by atoms with Crippen LogP contribution in [0.5, 0.6) is 0 Å². The number of rotatable bonds is 5. The summed E-state index contributed by atoms with van der Waals surface area (Å²) < 4.78 is 26.8. The summed E-state index contributed by atoms with van der Waals surface area (Å²) >= 11 is 0.